The van der Waals surface area contributed by atoms with Crippen LogP contribution < -0.4 is 5.32 Å². The summed E-state index contributed by atoms with van der Waals surface area (Å²) in [6, 6.07) is 4.31. The van der Waals surface area contributed by atoms with Crippen molar-refractivity contribution in [1.29, 1.82) is 5.26 Å². The molecule has 20 heavy (non-hydrogen) atoms. The molecule has 1 amide bonds. The average molecular weight is 291 g/mol. The van der Waals surface area contributed by atoms with Crippen molar-refractivity contribution >= 4 is 23.2 Å². The van der Waals surface area contributed by atoms with Gasteiger partial charge in [-0.3, -0.25) is 4.79 Å². The van der Waals surface area contributed by atoms with Gasteiger partial charge in [0, 0.05) is 11.3 Å². The maximum atomic E-state index is 13.6. The van der Waals surface area contributed by atoms with Crippen molar-refractivity contribution in [3.8, 4) is 6.07 Å². The molecule has 0 saturated heterocycles. The van der Waals surface area contributed by atoms with Crippen LogP contribution in [-0.2, 0) is 0 Å². The molecule has 0 aliphatic carbocycles. The number of carbonyl (C=O) groups is 1. The number of carbonyl (C=O) groups excluding carboxylic acids is 1. The van der Waals surface area contributed by atoms with E-state index >= 15 is 0 Å². The third-order valence-corrected chi connectivity index (χ3v) is 2.77. The Morgan fingerprint density at radius 2 is 2.15 bits per heavy atom. The summed E-state index contributed by atoms with van der Waals surface area (Å²) in [7, 11) is 0. The summed E-state index contributed by atoms with van der Waals surface area (Å²) in [6.45, 7) is 1.50. The fraction of sp³-hybridized carbons (Fsp3) is 0.0769. The molecule has 0 radical (unpaired) electrons. The van der Waals surface area contributed by atoms with Crippen LogP contribution in [0.1, 0.15) is 21.6 Å². The summed E-state index contributed by atoms with van der Waals surface area (Å²) < 4.78 is 13.6. The smallest absolute Gasteiger partial charge is 0.275 e. The summed E-state index contributed by atoms with van der Waals surface area (Å²) in [5, 5.41) is 11.4. The Hall–Kier alpha value is -2.52. The monoisotopic (exact) mass is 290 g/mol. The highest BCUT2D eigenvalue weighted by Gasteiger charge is 2.13. The highest BCUT2D eigenvalue weighted by molar-refractivity contribution is 6.29. The number of hydrogen-bond acceptors (Lipinski definition) is 4. The minimum absolute atomic E-state index is 0.0385. The van der Waals surface area contributed by atoms with Gasteiger partial charge in [-0.05, 0) is 19.1 Å². The van der Waals surface area contributed by atoms with E-state index in [2.05, 4.69) is 15.3 Å². The molecule has 1 heterocycles. The van der Waals surface area contributed by atoms with E-state index in [1.54, 1.807) is 0 Å². The SMILES string of the molecule is Cc1c(F)cc(C#N)cc1NC(=O)c1cnc(Cl)cn1. The Bertz CT molecular complexity index is 710. The van der Waals surface area contributed by atoms with E-state index in [-0.39, 0.29) is 27.7 Å². The number of nitriles is 1. The van der Waals surface area contributed by atoms with Crippen LogP contribution in [0.2, 0.25) is 5.15 Å². The first-order valence-corrected chi connectivity index (χ1v) is 5.88. The fourth-order valence-electron chi connectivity index (χ4n) is 1.49. The van der Waals surface area contributed by atoms with E-state index in [9.17, 15) is 9.18 Å². The number of aromatic nitrogens is 2. The predicted molar refractivity (Wildman–Crippen MR) is 70.8 cm³/mol. The van der Waals surface area contributed by atoms with Gasteiger partial charge in [0.1, 0.15) is 16.7 Å². The van der Waals surface area contributed by atoms with Gasteiger partial charge in [0.05, 0.1) is 24.0 Å². The van der Waals surface area contributed by atoms with Crippen molar-refractivity contribution in [2.45, 2.75) is 6.92 Å². The van der Waals surface area contributed by atoms with E-state index < -0.39 is 11.7 Å². The van der Waals surface area contributed by atoms with Crippen molar-refractivity contribution < 1.29 is 9.18 Å². The molecule has 0 unspecified atom stereocenters. The molecule has 0 atom stereocenters. The highest BCUT2D eigenvalue weighted by Crippen LogP contribution is 2.21. The van der Waals surface area contributed by atoms with E-state index in [1.807, 2.05) is 6.07 Å². The molecule has 0 aliphatic rings. The Morgan fingerprint density at radius 1 is 1.40 bits per heavy atom. The first kappa shape index (κ1) is 13.9. The van der Waals surface area contributed by atoms with Crippen LogP contribution in [0.15, 0.2) is 24.5 Å². The number of amides is 1. The highest BCUT2D eigenvalue weighted by atomic mass is 35.5. The summed E-state index contributed by atoms with van der Waals surface area (Å²) in [4.78, 5) is 19.5. The van der Waals surface area contributed by atoms with Gasteiger partial charge < -0.3 is 5.32 Å². The van der Waals surface area contributed by atoms with Crippen LogP contribution >= 0.6 is 11.6 Å². The van der Waals surface area contributed by atoms with Gasteiger partial charge in [-0.2, -0.15) is 5.26 Å². The summed E-state index contributed by atoms with van der Waals surface area (Å²) in [5.41, 5.74) is 0.602. The van der Waals surface area contributed by atoms with Crippen LogP contribution in [0.25, 0.3) is 0 Å². The number of anilines is 1. The molecule has 0 fully saturated rings. The Morgan fingerprint density at radius 3 is 2.75 bits per heavy atom. The number of nitrogens with zero attached hydrogens (tertiary/aromatic N) is 3. The van der Waals surface area contributed by atoms with Gasteiger partial charge in [0.25, 0.3) is 5.91 Å². The van der Waals surface area contributed by atoms with Crippen molar-refractivity contribution in [3.05, 3.63) is 52.3 Å². The normalized spacial score (nSPS) is 9.90. The molecule has 0 bridgehead atoms. The molecule has 0 spiro atoms. The summed E-state index contributed by atoms with van der Waals surface area (Å²) in [5.74, 6) is -1.13. The van der Waals surface area contributed by atoms with Gasteiger partial charge >= 0.3 is 0 Å². The second-order valence-corrected chi connectivity index (χ2v) is 4.31. The number of hydrogen-bond donors (Lipinski definition) is 1. The average Bonchev–Trinajstić information content (AvgIpc) is 2.44. The quantitative estimate of drug-likeness (QED) is 0.922. The molecule has 100 valence electrons. The molecule has 2 aromatic rings. The van der Waals surface area contributed by atoms with E-state index in [4.69, 9.17) is 16.9 Å². The van der Waals surface area contributed by atoms with E-state index in [0.717, 1.165) is 6.07 Å². The van der Waals surface area contributed by atoms with Gasteiger partial charge in [-0.25, -0.2) is 14.4 Å². The van der Waals surface area contributed by atoms with Crippen molar-refractivity contribution in [3.63, 3.8) is 0 Å². The Labute approximate surface area is 119 Å². The Kier molecular flexibility index (Phi) is 3.91. The van der Waals surface area contributed by atoms with Crippen molar-refractivity contribution in [2.75, 3.05) is 5.32 Å². The second kappa shape index (κ2) is 5.63. The maximum Gasteiger partial charge on any atom is 0.275 e. The first-order chi connectivity index (χ1) is 9.51. The van der Waals surface area contributed by atoms with Gasteiger partial charge in [-0.15, -0.1) is 0 Å². The van der Waals surface area contributed by atoms with Crippen LogP contribution in [0.3, 0.4) is 0 Å². The van der Waals surface area contributed by atoms with Gasteiger partial charge in [0.2, 0.25) is 0 Å². The third-order valence-electron chi connectivity index (χ3n) is 2.57. The zero-order valence-electron chi connectivity index (χ0n) is 10.3. The molecule has 1 aromatic heterocycles. The lowest BCUT2D eigenvalue weighted by atomic mass is 10.1. The van der Waals surface area contributed by atoms with Crippen LogP contribution in [0.4, 0.5) is 10.1 Å². The Balaban J connectivity index is 2.30. The molecule has 7 heteroatoms. The molecule has 1 aromatic carbocycles. The van der Waals surface area contributed by atoms with Crippen molar-refractivity contribution in [1.82, 2.24) is 9.97 Å². The number of rotatable bonds is 2. The first-order valence-electron chi connectivity index (χ1n) is 5.50. The zero-order chi connectivity index (χ0) is 14.7. The lowest BCUT2D eigenvalue weighted by Gasteiger charge is -2.09. The van der Waals surface area contributed by atoms with Crippen LogP contribution in [0, 0.1) is 24.1 Å². The number of halogens is 2. The van der Waals surface area contributed by atoms with Crippen LogP contribution in [-0.4, -0.2) is 15.9 Å². The fourth-order valence-corrected chi connectivity index (χ4v) is 1.59. The largest absolute Gasteiger partial charge is 0.320 e. The molecular formula is C13H8ClFN4O. The summed E-state index contributed by atoms with van der Waals surface area (Å²) in [6.07, 6.45) is 2.44. The minimum Gasteiger partial charge on any atom is -0.320 e. The number of nitrogens with one attached hydrogen (secondary N) is 1. The minimum atomic E-state index is -0.568. The molecule has 1 N–H and O–H groups in total. The van der Waals surface area contributed by atoms with Gasteiger partial charge in [-0.1, -0.05) is 11.6 Å². The maximum absolute atomic E-state index is 13.6. The third kappa shape index (κ3) is 2.90. The van der Waals surface area contributed by atoms with Gasteiger partial charge in [0.15, 0.2) is 0 Å². The predicted octanol–water partition coefficient (Wildman–Crippen LogP) is 2.70. The van der Waals surface area contributed by atoms with E-state index in [0.29, 0.717) is 0 Å². The van der Waals surface area contributed by atoms with E-state index in [1.165, 1.54) is 25.4 Å². The molecule has 0 saturated carbocycles. The van der Waals surface area contributed by atoms with Crippen LogP contribution in [0.5, 0.6) is 0 Å². The summed E-state index contributed by atoms with van der Waals surface area (Å²) >= 11 is 5.57. The molecular weight excluding hydrogens is 283 g/mol. The molecule has 5 nitrogen and oxygen atoms in total. The zero-order valence-corrected chi connectivity index (χ0v) is 11.1. The standard InChI is InChI=1S/C13H8ClFN4O/c1-7-9(15)2-8(4-16)3-10(7)19-13(20)11-5-18-12(14)6-17-11/h2-3,5-6H,1H3,(H,19,20). The van der Waals surface area contributed by atoms with Crippen molar-refractivity contribution in [2.24, 2.45) is 0 Å². The number of benzene rings is 1. The molecule has 0 aliphatic heterocycles. The second-order valence-electron chi connectivity index (χ2n) is 3.92. The lowest BCUT2D eigenvalue weighted by Crippen LogP contribution is -2.15. The lowest BCUT2D eigenvalue weighted by molar-refractivity contribution is 0.102. The topological polar surface area (TPSA) is 78.7 Å². The molecule has 2 rings (SSSR count).